The van der Waals surface area contributed by atoms with Crippen LogP contribution < -0.4 is 4.90 Å². The van der Waals surface area contributed by atoms with Crippen LogP contribution in [0.4, 0.5) is 17.1 Å². The summed E-state index contributed by atoms with van der Waals surface area (Å²) in [6, 6.07) is 50.7. The minimum absolute atomic E-state index is 0.212. The molecule has 2 aliphatic rings. The first-order valence-electron chi connectivity index (χ1n) is 17.1. The van der Waals surface area contributed by atoms with Crippen molar-refractivity contribution in [3.05, 3.63) is 179 Å². The molecule has 1 heterocycles. The van der Waals surface area contributed by atoms with Gasteiger partial charge in [0.05, 0.1) is 16.9 Å². The highest BCUT2D eigenvalue weighted by atomic mass is 16.2. The van der Waals surface area contributed by atoms with Gasteiger partial charge in [-0.25, -0.2) is 0 Å². The topological polar surface area (TPSA) is 37.4 Å². The minimum Gasteiger partial charge on any atom is -0.309 e. The number of rotatable bonds is 2. The number of Topliss-reactive ketones (excluding diaryl/α,β-unsaturated/α-hetero) is 2. The summed E-state index contributed by atoms with van der Waals surface area (Å²) in [5, 5.41) is 9.06. The molecule has 3 nitrogen and oxygen atoms in total. The second-order valence-electron chi connectivity index (χ2n) is 14.1. The van der Waals surface area contributed by atoms with Crippen LogP contribution in [0.1, 0.15) is 51.3 Å². The molecule has 0 spiro atoms. The second kappa shape index (κ2) is 10.3. The molecule has 0 fully saturated rings. The SMILES string of the molecule is CC1(C)c2cc(C=C3C(=O)c4cc5ccccc5cc4C3=O)ccc2N(c2ccc3ccccc3c2)c2c3ccccc3cc3cccc1c23. The average molecular weight is 642 g/mol. The Morgan fingerprint density at radius 1 is 0.520 bits per heavy atom. The minimum atomic E-state index is -0.420. The molecule has 0 N–H and O–H groups in total. The molecule has 8 aromatic rings. The molecule has 0 radical (unpaired) electrons. The third-order valence-electron chi connectivity index (χ3n) is 10.9. The van der Waals surface area contributed by atoms with E-state index in [-0.39, 0.29) is 17.1 Å². The molecule has 1 aliphatic heterocycles. The first kappa shape index (κ1) is 28.7. The highest BCUT2D eigenvalue weighted by Gasteiger charge is 2.37. The molecule has 50 heavy (non-hydrogen) atoms. The van der Waals surface area contributed by atoms with Crippen molar-refractivity contribution in [3.63, 3.8) is 0 Å². The highest BCUT2D eigenvalue weighted by molar-refractivity contribution is 6.42. The van der Waals surface area contributed by atoms with Crippen LogP contribution in [0.3, 0.4) is 0 Å². The monoisotopic (exact) mass is 641 g/mol. The summed E-state index contributed by atoms with van der Waals surface area (Å²) >= 11 is 0. The maximum absolute atomic E-state index is 13.8. The first-order valence-corrected chi connectivity index (χ1v) is 17.1. The molecule has 0 amide bonds. The van der Waals surface area contributed by atoms with E-state index >= 15 is 0 Å². The number of anilines is 3. The zero-order valence-corrected chi connectivity index (χ0v) is 27.7. The Bertz CT molecular complexity index is 2780. The van der Waals surface area contributed by atoms with E-state index in [9.17, 15) is 9.59 Å². The van der Waals surface area contributed by atoms with Gasteiger partial charge in [-0.05, 0) is 97.5 Å². The van der Waals surface area contributed by atoms with Crippen molar-refractivity contribution in [2.24, 2.45) is 0 Å². The quantitative estimate of drug-likeness (QED) is 0.107. The Labute approximate surface area is 289 Å². The van der Waals surface area contributed by atoms with E-state index in [4.69, 9.17) is 0 Å². The molecule has 0 unspecified atom stereocenters. The van der Waals surface area contributed by atoms with Gasteiger partial charge in [0, 0.05) is 33.0 Å². The van der Waals surface area contributed by atoms with Crippen molar-refractivity contribution in [1.82, 2.24) is 0 Å². The molecule has 10 rings (SSSR count). The molecule has 236 valence electrons. The van der Waals surface area contributed by atoms with Crippen LogP contribution in [0, 0.1) is 0 Å². The first-order chi connectivity index (χ1) is 24.4. The predicted octanol–water partition coefficient (Wildman–Crippen LogP) is 11.9. The third-order valence-corrected chi connectivity index (χ3v) is 10.9. The smallest absolute Gasteiger partial charge is 0.197 e. The Kier molecular flexibility index (Phi) is 5.93. The lowest BCUT2D eigenvalue weighted by Gasteiger charge is -2.31. The van der Waals surface area contributed by atoms with Crippen molar-refractivity contribution in [2.45, 2.75) is 19.3 Å². The molecule has 0 saturated heterocycles. The lowest BCUT2D eigenvalue weighted by molar-refractivity contribution is 0.0990. The number of hydrogen-bond donors (Lipinski definition) is 0. The average Bonchev–Trinajstić information content (AvgIpc) is 3.32. The van der Waals surface area contributed by atoms with Crippen LogP contribution in [-0.2, 0) is 5.41 Å². The van der Waals surface area contributed by atoms with Gasteiger partial charge in [0.25, 0.3) is 0 Å². The lowest BCUT2D eigenvalue weighted by atomic mass is 9.75. The van der Waals surface area contributed by atoms with Crippen molar-refractivity contribution in [2.75, 3.05) is 4.90 Å². The van der Waals surface area contributed by atoms with Gasteiger partial charge in [0.2, 0.25) is 0 Å². The number of fused-ring (bicyclic) bond motifs is 6. The zero-order valence-electron chi connectivity index (χ0n) is 27.7. The van der Waals surface area contributed by atoms with E-state index < -0.39 is 5.41 Å². The van der Waals surface area contributed by atoms with Gasteiger partial charge < -0.3 is 4.90 Å². The van der Waals surface area contributed by atoms with Crippen molar-refractivity contribution >= 4 is 77.8 Å². The fraction of sp³-hybridized carbons (Fsp3) is 0.0638. The summed E-state index contributed by atoms with van der Waals surface area (Å²) in [4.78, 5) is 30.0. The van der Waals surface area contributed by atoms with Crippen LogP contribution in [-0.4, -0.2) is 11.6 Å². The number of nitrogens with zero attached hydrogens (tertiary/aromatic N) is 1. The molecular weight excluding hydrogens is 611 g/mol. The molecule has 8 aromatic carbocycles. The summed E-state index contributed by atoms with van der Waals surface area (Å²) in [5.41, 5.74) is 7.23. The Morgan fingerprint density at radius 3 is 1.86 bits per heavy atom. The summed E-state index contributed by atoms with van der Waals surface area (Å²) < 4.78 is 0. The zero-order chi connectivity index (χ0) is 33.7. The molecular formula is C47H31NO2. The Hall–Kier alpha value is -6.32. The predicted molar refractivity (Wildman–Crippen MR) is 206 cm³/mol. The fourth-order valence-corrected chi connectivity index (χ4v) is 8.34. The number of ketones is 2. The molecule has 0 saturated carbocycles. The maximum Gasteiger partial charge on any atom is 0.197 e. The number of allylic oxidation sites excluding steroid dienone is 1. The van der Waals surface area contributed by atoms with Crippen molar-refractivity contribution < 1.29 is 9.59 Å². The van der Waals surface area contributed by atoms with E-state index in [1.54, 1.807) is 6.08 Å². The summed E-state index contributed by atoms with van der Waals surface area (Å²) in [7, 11) is 0. The number of carbonyl (C=O) groups excluding carboxylic acids is 2. The molecule has 0 atom stereocenters. The fourth-order valence-electron chi connectivity index (χ4n) is 8.34. The normalized spacial score (nSPS) is 14.8. The van der Waals surface area contributed by atoms with E-state index in [2.05, 4.69) is 122 Å². The number of hydrogen-bond acceptors (Lipinski definition) is 3. The Morgan fingerprint density at radius 2 is 1.14 bits per heavy atom. The molecule has 3 heteroatoms. The van der Waals surface area contributed by atoms with Crippen molar-refractivity contribution in [3.8, 4) is 0 Å². The number of benzene rings is 8. The summed E-state index contributed by atoms with van der Waals surface area (Å²) in [6.07, 6.45) is 1.79. The van der Waals surface area contributed by atoms with E-state index in [1.165, 1.54) is 37.9 Å². The van der Waals surface area contributed by atoms with Crippen LogP contribution in [0.25, 0.3) is 49.2 Å². The van der Waals surface area contributed by atoms with Gasteiger partial charge in [-0.15, -0.1) is 0 Å². The lowest BCUT2D eigenvalue weighted by Crippen LogP contribution is -2.20. The number of carbonyl (C=O) groups is 2. The Balaban J connectivity index is 1.23. The van der Waals surface area contributed by atoms with Crippen LogP contribution in [0.15, 0.2) is 151 Å². The van der Waals surface area contributed by atoms with E-state index in [0.717, 1.165) is 39.0 Å². The summed E-state index contributed by atoms with van der Waals surface area (Å²) in [5.74, 6) is -0.433. The van der Waals surface area contributed by atoms with Gasteiger partial charge >= 0.3 is 0 Å². The van der Waals surface area contributed by atoms with Gasteiger partial charge in [-0.1, -0.05) is 117 Å². The molecule has 0 bridgehead atoms. The van der Waals surface area contributed by atoms with Crippen LogP contribution in [0.2, 0.25) is 0 Å². The van der Waals surface area contributed by atoms with Gasteiger partial charge in [0.1, 0.15) is 0 Å². The van der Waals surface area contributed by atoms with Gasteiger partial charge in [-0.2, -0.15) is 0 Å². The molecule has 0 aromatic heterocycles. The van der Waals surface area contributed by atoms with Crippen molar-refractivity contribution in [1.29, 1.82) is 0 Å². The standard InChI is InChI=1S/C47H31NO2/c1-47(2)40-17-9-15-34-24-33-14-7-8-16-36(33)44(43(34)40)48(35-20-19-29-10-3-4-11-30(29)25-35)42-21-18-28(23-41(42)47)22-39-45(49)37-26-31-12-5-6-13-32(31)27-38(37)46(39)50/h3-27H,1-2H3. The summed E-state index contributed by atoms with van der Waals surface area (Å²) in [6.45, 7) is 4.57. The second-order valence-corrected chi connectivity index (χ2v) is 14.1. The molecule has 1 aliphatic carbocycles. The third kappa shape index (κ3) is 4.04. The van der Waals surface area contributed by atoms with E-state index in [1.807, 2.05) is 42.5 Å². The van der Waals surface area contributed by atoms with Crippen LogP contribution >= 0.6 is 0 Å². The maximum atomic E-state index is 13.8. The van der Waals surface area contributed by atoms with E-state index in [0.29, 0.717) is 11.1 Å². The van der Waals surface area contributed by atoms with Gasteiger partial charge in [0.15, 0.2) is 11.6 Å². The van der Waals surface area contributed by atoms with Crippen LogP contribution in [0.5, 0.6) is 0 Å². The van der Waals surface area contributed by atoms with Gasteiger partial charge in [-0.3, -0.25) is 9.59 Å². The largest absolute Gasteiger partial charge is 0.309 e. The highest BCUT2D eigenvalue weighted by Crippen LogP contribution is 2.54.